The molecule has 0 spiro atoms. The van der Waals surface area contributed by atoms with Crippen molar-refractivity contribution < 1.29 is 13.9 Å². The molecular formula is C23H38FN9O2. The smallest absolute Gasteiger partial charge is 0.321 e. The number of allylic oxidation sites excluding steroid dienone is 1. The fourth-order valence-corrected chi connectivity index (χ4v) is 5.00. The third-order valence-corrected chi connectivity index (χ3v) is 7.42. The van der Waals surface area contributed by atoms with E-state index in [9.17, 15) is 9.18 Å². The first-order valence-corrected chi connectivity index (χ1v) is 12.2. The normalized spacial score (nSPS) is 28.3. The van der Waals surface area contributed by atoms with Gasteiger partial charge in [-0.2, -0.15) is 5.10 Å². The van der Waals surface area contributed by atoms with Gasteiger partial charge in [0.2, 0.25) is 0 Å². The van der Waals surface area contributed by atoms with Gasteiger partial charge in [-0.25, -0.2) is 14.2 Å². The van der Waals surface area contributed by atoms with E-state index in [0.717, 1.165) is 30.6 Å². The van der Waals surface area contributed by atoms with Crippen LogP contribution in [0.2, 0.25) is 0 Å². The number of carbonyl (C=O) groups excluding carboxylic acids is 1. The van der Waals surface area contributed by atoms with Crippen molar-refractivity contribution in [1.82, 2.24) is 30.2 Å². The summed E-state index contributed by atoms with van der Waals surface area (Å²) in [7, 11) is 1.70. The number of H-pyrrole nitrogens is 1. The molecule has 12 heteroatoms. The molecule has 0 aromatic carbocycles. The Balaban J connectivity index is 1.51. The van der Waals surface area contributed by atoms with Crippen molar-refractivity contribution in [2.24, 2.45) is 10.7 Å². The van der Waals surface area contributed by atoms with Gasteiger partial charge in [-0.1, -0.05) is 6.92 Å². The average molecular weight is 492 g/mol. The summed E-state index contributed by atoms with van der Waals surface area (Å²) < 4.78 is 19.7. The molecule has 0 bridgehead atoms. The number of hydrogen-bond acceptors (Lipinski definition) is 8. The predicted octanol–water partition coefficient (Wildman–Crippen LogP) is 1.87. The number of nitrogens with one attached hydrogen (secondary N) is 3. The number of piperazine rings is 1. The molecule has 0 aliphatic carbocycles. The number of aromatic amines is 1. The van der Waals surface area contributed by atoms with Gasteiger partial charge in [-0.05, 0) is 27.7 Å². The van der Waals surface area contributed by atoms with Gasteiger partial charge < -0.3 is 25.2 Å². The zero-order valence-corrected chi connectivity index (χ0v) is 21.5. The molecule has 2 amide bonds. The molecule has 1 unspecified atom stereocenters. The van der Waals surface area contributed by atoms with Crippen LogP contribution >= 0.6 is 0 Å². The minimum absolute atomic E-state index is 0.0171. The summed E-state index contributed by atoms with van der Waals surface area (Å²) in [6, 6.07) is 0.283. The van der Waals surface area contributed by atoms with Crippen molar-refractivity contribution in [2.45, 2.75) is 71.0 Å². The molecule has 3 atom stereocenters. The number of amides is 2. The van der Waals surface area contributed by atoms with Crippen LogP contribution in [0.1, 0.15) is 52.3 Å². The lowest BCUT2D eigenvalue weighted by molar-refractivity contribution is 0.0242. The van der Waals surface area contributed by atoms with Crippen LogP contribution in [0.5, 0.6) is 0 Å². The van der Waals surface area contributed by atoms with Crippen molar-refractivity contribution in [2.75, 3.05) is 38.7 Å². The lowest BCUT2D eigenvalue weighted by atomic mass is 10.0. The first kappa shape index (κ1) is 25.4. The number of urea groups is 1. The van der Waals surface area contributed by atoms with E-state index in [4.69, 9.17) is 10.5 Å². The van der Waals surface area contributed by atoms with Crippen LogP contribution in [0.3, 0.4) is 0 Å². The highest BCUT2D eigenvalue weighted by Gasteiger charge is 2.47. The summed E-state index contributed by atoms with van der Waals surface area (Å²) >= 11 is 0. The fourth-order valence-electron chi connectivity index (χ4n) is 5.00. The molecule has 1 aromatic heterocycles. The lowest BCUT2D eigenvalue weighted by Gasteiger charge is -2.46. The molecule has 1 aromatic rings. The minimum Gasteiger partial charge on any atom is -0.383 e. The van der Waals surface area contributed by atoms with Gasteiger partial charge in [0.05, 0.1) is 30.6 Å². The van der Waals surface area contributed by atoms with E-state index in [1.807, 2.05) is 30.6 Å². The van der Waals surface area contributed by atoms with Crippen molar-refractivity contribution in [3.05, 3.63) is 22.9 Å². The summed E-state index contributed by atoms with van der Waals surface area (Å²) in [5.74, 6) is -1.08. The molecule has 3 aliphatic heterocycles. The van der Waals surface area contributed by atoms with E-state index in [1.54, 1.807) is 7.11 Å². The van der Waals surface area contributed by atoms with Crippen molar-refractivity contribution in [1.29, 1.82) is 0 Å². The maximum absolute atomic E-state index is 14.5. The minimum atomic E-state index is -1.09. The first-order valence-electron chi connectivity index (χ1n) is 12.2. The monoisotopic (exact) mass is 491 g/mol. The van der Waals surface area contributed by atoms with Crippen LogP contribution in [-0.2, 0) is 16.8 Å². The molecular weight excluding hydrogens is 453 g/mol. The van der Waals surface area contributed by atoms with Gasteiger partial charge in [0.1, 0.15) is 5.82 Å². The number of hydrogen-bond donors (Lipinski definition) is 4. The Morgan fingerprint density at radius 1 is 1.34 bits per heavy atom. The number of nitrogens with two attached hydrogens (primary N) is 1. The second-order valence-electron chi connectivity index (χ2n) is 10.2. The average Bonchev–Trinajstić information content (AvgIpc) is 3.34. The predicted molar refractivity (Wildman–Crippen MR) is 132 cm³/mol. The van der Waals surface area contributed by atoms with Gasteiger partial charge in [-0.3, -0.25) is 15.7 Å². The number of halogens is 1. The SMILES string of the molecule is CCC1(N)N=CC(F)=C(Nc2n[nH]c3c2CN(C(=O)N2C[C@@H](C)N(CCOC)C[C@@H]2C)C3(C)C)N1. The summed E-state index contributed by atoms with van der Waals surface area (Å²) in [4.78, 5) is 24.0. The van der Waals surface area contributed by atoms with Gasteiger partial charge in [-0.15, -0.1) is 0 Å². The molecule has 1 saturated heterocycles. The van der Waals surface area contributed by atoms with Crippen LogP contribution in [0.25, 0.3) is 0 Å². The highest BCUT2D eigenvalue weighted by molar-refractivity contribution is 5.80. The van der Waals surface area contributed by atoms with Gasteiger partial charge >= 0.3 is 6.03 Å². The molecule has 194 valence electrons. The Morgan fingerprint density at radius 3 is 2.77 bits per heavy atom. The number of nitrogens with zero attached hydrogens (tertiary/aromatic N) is 5. The Bertz CT molecular complexity index is 1020. The van der Waals surface area contributed by atoms with Crippen molar-refractivity contribution in [3.8, 4) is 0 Å². The largest absolute Gasteiger partial charge is 0.383 e. The second kappa shape index (κ2) is 9.40. The third kappa shape index (κ3) is 4.62. The van der Waals surface area contributed by atoms with E-state index in [1.165, 1.54) is 0 Å². The second-order valence-corrected chi connectivity index (χ2v) is 10.2. The topological polar surface area (TPSA) is 127 Å². The van der Waals surface area contributed by atoms with Crippen molar-refractivity contribution in [3.63, 3.8) is 0 Å². The molecule has 4 heterocycles. The number of fused-ring (bicyclic) bond motifs is 1. The maximum atomic E-state index is 14.5. The number of rotatable bonds is 6. The Hall–Kier alpha value is -2.70. The number of carbonyl (C=O) groups is 1. The van der Waals surface area contributed by atoms with E-state index in [0.29, 0.717) is 31.9 Å². The van der Waals surface area contributed by atoms with Crippen LogP contribution in [0.15, 0.2) is 16.6 Å². The highest BCUT2D eigenvalue weighted by Crippen LogP contribution is 2.42. The van der Waals surface area contributed by atoms with Gasteiger partial charge in [0, 0.05) is 50.8 Å². The number of anilines is 1. The Kier molecular flexibility index (Phi) is 6.82. The summed E-state index contributed by atoms with van der Waals surface area (Å²) in [5, 5.41) is 13.4. The zero-order valence-electron chi connectivity index (χ0n) is 21.5. The van der Waals surface area contributed by atoms with Crippen LogP contribution in [-0.4, -0.2) is 88.4 Å². The molecule has 0 radical (unpaired) electrons. The van der Waals surface area contributed by atoms with Crippen LogP contribution in [0.4, 0.5) is 15.0 Å². The van der Waals surface area contributed by atoms with E-state index in [-0.39, 0.29) is 23.9 Å². The van der Waals surface area contributed by atoms with Crippen LogP contribution in [0, 0.1) is 0 Å². The highest BCUT2D eigenvalue weighted by atomic mass is 19.1. The first-order chi connectivity index (χ1) is 16.5. The molecule has 5 N–H and O–H groups in total. The number of aromatic nitrogens is 2. The van der Waals surface area contributed by atoms with E-state index >= 15 is 0 Å². The maximum Gasteiger partial charge on any atom is 0.321 e. The lowest BCUT2D eigenvalue weighted by Crippen LogP contribution is -2.61. The Morgan fingerprint density at radius 2 is 2.09 bits per heavy atom. The Labute approximate surface area is 205 Å². The van der Waals surface area contributed by atoms with Gasteiger partial charge in [0.25, 0.3) is 0 Å². The fraction of sp³-hybridized carbons (Fsp3) is 0.696. The molecule has 35 heavy (non-hydrogen) atoms. The molecule has 4 rings (SSSR count). The number of ether oxygens (including phenoxy) is 1. The molecule has 0 saturated carbocycles. The van der Waals surface area contributed by atoms with Crippen LogP contribution < -0.4 is 16.4 Å². The van der Waals surface area contributed by atoms with Crippen molar-refractivity contribution >= 4 is 18.1 Å². The standard InChI is InChI=1S/C23H38FN9O2/c1-7-23(25)26-10-17(24)20(28-23)27-19-16-13-33(22(4,5)18(16)29-30-19)21(34)32-12-14(2)31(8-9-35-6)11-15(32)3/h10,14-15,28H,7-9,11-13,25H2,1-6H3,(H2,27,29,30)/t14-,15+,23?/m1/s1. The van der Waals surface area contributed by atoms with E-state index < -0.39 is 17.2 Å². The molecule has 11 nitrogen and oxygen atoms in total. The summed E-state index contributed by atoms with van der Waals surface area (Å²) in [6.45, 7) is 13.4. The number of methoxy groups -OCH3 is 1. The van der Waals surface area contributed by atoms with E-state index in [2.05, 4.69) is 44.6 Å². The molecule has 3 aliphatic rings. The molecule has 1 fully saturated rings. The number of aliphatic imine (C=N–C) groups is 1. The quantitative estimate of drug-likeness (QED) is 0.478. The van der Waals surface area contributed by atoms with Gasteiger partial charge in [0.15, 0.2) is 17.4 Å². The summed E-state index contributed by atoms with van der Waals surface area (Å²) in [6.07, 6.45) is 1.59. The summed E-state index contributed by atoms with van der Waals surface area (Å²) in [5.41, 5.74) is 7.20. The third-order valence-electron chi connectivity index (χ3n) is 7.42. The zero-order chi connectivity index (χ0) is 25.5.